The van der Waals surface area contributed by atoms with E-state index in [1.54, 1.807) is 4.90 Å². The Hall–Kier alpha value is -0.570. The van der Waals surface area contributed by atoms with Crippen molar-refractivity contribution in [2.24, 2.45) is 5.92 Å². The van der Waals surface area contributed by atoms with Gasteiger partial charge in [0.15, 0.2) is 0 Å². The number of rotatable bonds is 1. The van der Waals surface area contributed by atoms with Crippen molar-refractivity contribution in [1.82, 2.24) is 9.80 Å². The molecule has 0 aliphatic carbocycles. The summed E-state index contributed by atoms with van der Waals surface area (Å²) in [6.45, 7) is 2.06. The second kappa shape index (κ2) is 3.90. The molecule has 0 unspecified atom stereocenters. The third-order valence-electron chi connectivity index (χ3n) is 2.41. The summed E-state index contributed by atoms with van der Waals surface area (Å²) in [4.78, 5) is 15.5. The molecule has 1 amide bonds. The van der Waals surface area contributed by atoms with Crippen LogP contribution in [0.3, 0.4) is 0 Å². The Morgan fingerprint density at radius 2 is 2.17 bits per heavy atom. The van der Waals surface area contributed by atoms with E-state index in [0.717, 1.165) is 25.9 Å². The Bertz CT molecular complexity index is 168. The van der Waals surface area contributed by atoms with Gasteiger partial charge in [-0.3, -0.25) is 4.79 Å². The molecule has 1 rings (SSSR count). The van der Waals surface area contributed by atoms with E-state index < -0.39 is 0 Å². The maximum Gasteiger partial charge on any atom is 0.226 e. The van der Waals surface area contributed by atoms with Gasteiger partial charge in [-0.05, 0) is 26.4 Å². The van der Waals surface area contributed by atoms with E-state index in [9.17, 15) is 4.79 Å². The molecule has 0 aromatic rings. The maximum absolute atomic E-state index is 11.5. The molecule has 3 heteroatoms. The van der Waals surface area contributed by atoms with Crippen molar-refractivity contribution in [3.8, 4) is 0 Å². The zero-order valence-corrected chi connectivity index (χ0v) is 8.21. The fourth-order valence-electron chi connectivity index (χ4n) is 1.73. The van der Waals surface area contributed by atoms with Crippen molar-refractivity contribution in [2.75, 3.05) is 34.2 Å². The van der Waals surface area contributed by atoms with Crippen LogP contribution in [-0.2, 0) is 4.79 Å². The lowest BCUT2D eigenvalue weighted by Crippen LogP contribution is -2.40. The van der Waals surface area contributed by atoms with E-state index in [0.29, 0.717) is 0 Å². The molecule has 0 saturated carbocycles. The summed E-state index contributed by atoms with van der Waals surface area (Å²) in [5, 5.41) is 0. The molecule has 0 aromatic heterocycles. The number of hydrogen-bond acceptors (Lipinski definition) is 2. The largest absolute Gasteiger partial charge is 0.349 e. The molecule has 12 heavy (non-hydrogen) atoms. The minimum atomic E-state index is 0.235. The van der Waals surface area contributed by atoms with Crippen molar-refractivity contribution in [1.29, 1.82) is 0 Å². The first-order valence-electron chi connectivity index (χ1n) is 4.51. The number of carbonyl (C=O) groups is 1. The van der Waals surface area contributed by atoms with Gasteiger partial charge in [0, 0.05) is 20.6 Å². The standard InChI is InChI=1S/C9H18N2O/c1-10(2)9(12)8-5-4-6-11(3)7-8/h8H,4-7H2,1-3H3/t8-/m0/s1. The van der Waals surface area contributed by atoms with E-state index in [4.69, 9.17) is 0 Å². The average molecular weight is 170 g/mol. The predicted molar refractivity (Wildman–Crippen MR) is 48.9 cm³/mol. The molecule has 3 nitrogen and oxygen atoms in total. The van der Waals surface area contributed by atoms with Gasteiger partial charge in [-0.25, -0.2) is 0 Å². The average Bonchev–Trinajstić information content (AvgIpc) is 2.03. The lowest BCUT2D eigenvalue weighted by atomic mass is 9.97. The van der Waals surface area contributed by atoms with Crippen LogP contribution in [0.1, 0.15) is 12.8 Å². The number of piperidine rings is 1. The first-order valence-corrected chi connectivity index (χ1v) is 4.51. The SMILES string of the molecule is CN1CCC[C@H](C(=O)N(C)C)C1. The van der Waals surface area contributed by atoms with E-state index in [1.807, 2.05) is 14.1 Å². The molecule has 1 fully saturated rings. The highest BCUT2D eigenvalue weighted by molar-refractivity contribution is 5.78. The Labute approximate surface area is 74.3 Å². The smallest absolute Gasteiger partial charge is 0.226 e. The molecular weight excluding hydrogens is 152 g/mol. The van der Waals surface area contributed by atoms with Gasteiger partial charge < -0.3 is 9.80 Å². The first-order chi connectivity index (χ1) is 5.61. The minimum Gasteiger partial charge on any atom is -0.349 e. The van der Waals surface area contributed by atoms with Crippen LogP contribution in [0.5, 0.6) is 0 Å². The van der Waals surface area contributed by atoms with Crippen LogP contribution in [0.4, 0.5) is 0 Å². The molecule has 1 atom stereocenters. The zero-order valence-electron chi connectivity index (χ0n) is 8.21. The van der Waals surface area contributed by atoms with Gasteiger partial charge in [-0.2, -0.15) is 0 Å². The molecule has 1 saturated heterocycles. The topological polar surface area (TPSA) is 23.6 Å². The Morgan fingerprint density at radius 1 is 1.50 bits per heavy atom. The number of hydrogen-bond donors (Lipinski definition) is 0. The van der Waals surface area contributed by atoms with Gasteiger partial charge in [-0.1, -0.05) is 0 Å². The van der Waals surface area contributed by atoms with Crippen LogP contribution in [0, 0.1) is 5.92 Å². The van der Waals surface area contributed by atoms with E-state index in [1.165, 1.54) is 0 Å². The highest BCUT2D eigenvalue weighted by atomic mass is 16.2. The van der Waals surface area contributed by atoms with Crippen LogP contribution in [0.25, 0.3) is 0 Å². The second-order valence-electron chi connectivity index (χ2n) is 3.83. The summed E-state index contributed by atoms with van der Waals surface area (Å²) >= 11 is 0. The van der Waals surface area contributed by atoms with Crippen LogP contribution in [0.15, 0.2) is 0 Å². The molecule has 70 valence electrons. The van der Waals surface area contributed by atoms with Crippen molar-refractivity contribution in [3.05, 3.63) is 0 Å². The third kappa shape index (κ3) is 2.21. The number of nitrogens with zero attached hydrogens (tertiary/aromatic N) is 2. The van der Waals surface area contributed by atoms with Crippen LogP contribution in [-0.4, -0.2) is 49.9 Å². The summed E-state index contributed by atoms with van der Waals surface area (Å²) in [5.74, 6) is 0.514. The van der Waals surface area contributed by atoms with E-state index in [2.05, 4.69) is 11.9 Å². The van der Waals surface area contributed by atoms with Crippen molar-refractivity contribution in [3.63, 3.8) is 0 Å². The molecule has 0 bridgehead atoms. The summed E-state index contributed by atoms with van der Waals surface area (Å²) < 4.78 is 0. The molecule has 1 heterocycles. The Kier molecular flexibility index (Phi) is 3.09. The van der Waals surface area contributed by atoms with Crippen LogP contribution < -0.4 is 0 Å². The number of amides is 1. The number of carbonyl (C=O) groups excluding carboxylic acids is 1. The molecule has 1 aliphatic heterocycles. The minimum absolute atomic E-state index is 0.235. The predicted octanol–water partition coefficient (Wildman–Crippen LogP) is 0.416. The molecule has 0 N–H and O–H groups in total. The van der Waals surface area contributed by atoms with Gasteiger partial charge in [0.1, 0.15) is 0 Å². The lowest BCUT2D eigenvalue weighted by Gasteiger charge is -2.30. The molecule has 0 radical (unpaired) electrons. The Morgan fingerprint density at radius 3 is 2.67 bits per heavy atom. The van der Waals surface area contributed by atoms with Gasteiger partial charge in [-0.15, -0.1) is 0 Å². The summed E-state index contributed by atoms with van der Waals surface area (Å²) in [6.07, 6.45) is 2.21. The normalized spacial score (nSPS) is 25.4. The lowest BCUT2D eigenvalue weighted by molar-refractivity contribution is -0.134. The highest BCUT2D eigenvalue weighted by Gasteiger charge is 2.24. The fraction of sp³-hybridized carbons (Fsp3) is 0.889. The number of likely N-dealkylation sites (tertiary alicyclic amines) is 1. The summed E-state index contributed by atoms with van der Waals surface area (Å²) in [5.41, 5.74) is 0. The van der Waals surface area contributed by atoms with Crippen LogP contribution >= 0.6 is 0 Å². The van der Waals surface area contributed by atoms with Gasteiger partial charge in [0.25, 0.3) is 0 Å². The zero-order chi connectivity index (χ0) is 9.14. The summed E-state index contributed by atoms with van der Waals surface area (Å²) in [6, 6.07) is 0. The van der Waals surface area contributed by atoms with Gasteiger partial charge in [0.05, 0.1) is 5.92 Å². The monoisotopic (exact) mass is 170 g/mol. The maximum atomic E-state index is 11.5. The second-order valence-corrected chi connectivity index (χ2v) is 3.83. The molecular formula is C9H18N2O. The van der Waals surface area contributed by atoms with E-state index in [-0.39, 0.29) is 11.8 Å². The third-order valence-corrected chi connectivity index (χ3v) is 2.41. The first kappa shape index (κ1) is 9.52. The fourth-order valence-corrected chi connectivity index (χ4v) is 1.73. The molecule has 0 spiro atoms. The quantitative estimate of drug-likeness (QED) is 0.569. The van der Waals surface area contributed by atoms with Gasteiger partial charge >= 0.3 is 0 Å². The summed E-state index contributed by atoms with van der Waals surface area (Å²) in [7, 11) is 5.74. The van der Waals surface area contributed by atoms with Crippen molar-refractivity contribution in [2.45, 2.75) is 12.8 Å². The molecule has 0 aromatic carbocycles. The van der Waals surface area contributed by atoms with E-state index >= 15 is 0 Å². The van der Waals surface area contributed by atoms with Crippen molar-refractivity contribution < 1.29 is 4.79 Å². The molecule has 1 aliphatic rings. The van der Waals surface area contributed by atoms with Crippen LogP contribution in [0.2, 0.25) is 0 Å². The van der Waals surface area contributed by atoms with Gasteiger partial charge in [0.2, 0.25) is 5.91 Å². The highest BCUT2D eigenvalue weighted by Crippen LogP contribution is 2.16. The van der Waals surface area contributed by atoms with Crippen molar-refractivity contribution >= 4 is 5.91 Å². The Balaban J connectivity index is 2.46.